The Morgan fingerprint density at radius 1 is 0.352 bits per heavy atom. The van der Waals surface area contributed by atoms with Gasteiger partial charge in [0.15, 0.2) is 0 Å². The Morgan fingerprint density at radius 3 is 1.00 bits per heavy atom. The van der Waals surface area contributed by atoms with Crippen LogP contribution in [0.2, 0.25) is 5.02 Å². The van der Waals surface area contributed by atoms with Gasteiger partial charge in [-0.1, -0.05) is 194 Å². The summed E-state index contributed by atoms with van der Waals surface area (Å²) in [7, 11) is -3.82. The standard InChI is InChI=1S/C35H34N2O4.C28H28ClNO5S.C27H34N2O4.C26H32N2O4/c38-34(39)22-24-10-12-25(13-11-24)26-14-16-27(17-15-26)29-18-19-32-33(23-29)41-21-20-37(32)35(40)36-31-9-5-4-8-30(31)28-6-2-1-3-7-28;29-24-3-1-2-4-27(24)36(33,34)30-15-16-35-26-18-23(13-14-25(26)30)22-11-9-21(10-12-22)20-7-5-19(6-8-20)17-28(31)32;1-27(2,3)28-26(32)29-14-15-33-24-17-22(12-13-23(24)29)21-10-8-20(9-11-21)19-6-4-18(5-7-19)16-25(30)31;1-17(2)27-26(31)28-13-14-32-24-16-22(11-12-23(24)28)21-9-7-20(8-10-21)19-5-3-18(4-6-19)15-25(29)30/h1-9,14-19,23-25H,10-13,20-22H2,(H,36,40)(H,38,39);1-4,9-14,18-20H,5-8,15-17H2,(H,31,32);8-13,17-19H,4-7,14-16H2,1-3H3,(H,28,32)(H,30,31);7-12,16-19H,3-6,13-15H2,1-2H3,(H,27,31)(H,29,30). The highest BCUT2D eigenvalue weighted by Crippen LogP contribution is 2.48. The summed E-state index contributed by atoms with van der Waals surface area (Å²) >= 11 is 6.20. The Morgan fingerprint density at radius 2 is 0.655 bits per heavy atom. The number of anilines is 5. The Labute approximate surface area is 837 Å². The number of nitrogens with zero attached hydrogens (tertiary/aromatic N) is 4. The predicted molar refractivity (Wildman–Crippen MR) is 558 cm³/mol. The lowest BCUT2D eigenvalue weighted by molar-refractivity contribution is -0.139. The van der Waals surface area contributed by atoms with Crippen LogP contribution in [-0.4, -0.2) is 135 Å². The van der Waals surface area contributed by atoms with E-state index < -0.39 is 33.9 Å². The second-order valence-electron chi connectivity index (χ2n) is 40.0. The fourth-order valence-corrected chi connectivity index (χ4v) is 23.1. The lowest BCUT2D eigenvalue weighted by Gasteiger charge is -2.32. The second-order valence-corrected chi connectivity index (χ2v) is 42.2. The normalized spacial score (nSPS) is 19.7. The average molecular weight is 1960 g/mol. The number of amides is 6. The van der Waals surface area contributed by atoms with Crippen LogP contribution in [0.15, 0.2) is 254 Å². The molecule has 0 atom stereocenters. The molecule has 0 bridgehead atoms. The summed E-state index contributed by atoms with van der Waals surface area (Å²) in [5.74, 6) is 3.09. The number of fused-ring (bicyclic) bond motifs is 4. The second kappa shape index (κ2) is 46.4. The van der Waals surface area contributed by atoms with Crippen LogP contribution in [-0.2, 0) is 29.2 Å². The van der Waals surface area contributed by atoms with Gasteiger partial charge in [0.2, 0.25) is 0 Å². The van der Waals surface area contributed by atoms with E-state index in [9.17, 15) is 42.0 Å². The average Bonchev–Trinajstić information content (AvgIpc) is 0.759. The minimum atomic E-state index is -3.82. The number of ether oxygens (including phenoxy) is 4. The predicted octanol–water partition coefficient (Wildman–Crippen LogP) is 25.8. The summed E-state index contributed by atoms with van der Waals surface area (Å²) in [6.07, 6.45) is 17.3. The lowest BCUT2D eigenvalue weighted by Crippen LogP contribution is -2.50. The third kappa shape index (κ3) is 25.8. The number of rotatable bonds is 21. The fourth-order valence-electron chi connectivity index (χ4n) is 21.2. The minimum absolute atomic E-state index is 0.0798. The van der Waals surface area contributed by atoms with Gasteiger partial charge >= 0.3 is 42.0 Å². The van der Waals surface area contributed by atoms with E-state index in [1.165, 1.54) is 32.6 Å². The van der Waals surface area contributed by atoms with Crippen molar-refractivity contribution >= 4 is 92.0 Å². The van der Waals surface area contributed by atoms with Crippen LogP contribution in [0.1, 0.15) is 209 Å². The molecule has 4 aliphatic heterocycles. The summed E-state index contributed by atoms with van der Waals surface area (Å²) in [6.45, 7) is 13.2. The molecule has 8 aliphatic rings. The van der Waals surface area contributed by atoms with E-state index in [1.807, 2.05) is 156 Å². The number of sulfonamides is 1. The number of carboxylic acid groups (broad SMARTS) is 4. The van der Waals surface area contributed by atoms with Crippen molar-refractivity contribution in [2.24, 2.45) is 23.7 Å². The Bertz CT molecular complexity index is 6390. The molecule has 6 amide bonds. The zero-order chi connectivity index (χ0) is 99.7. The zero-order valence-corrected chi connectivity index (χ0v) is 82.9. The SMILES string of the molecule is CC(C)(C)NC(=O)N1CCOc2cc(-c3ccc(C4CCC(CC(=O)O)CC4)cc3)ccc21.CC(C)NC(=O)N1CCOc2cc(-c3ccc(C4CCC(CC(=O)O)CC4)cc3)ccc21.O=C(O)CC1CCC(c2ccc(-c3ccc4c(c3)OCCN4C(=O)Nc3ccccc3-c3ccccc3)cc2)CC1.O=C(O)CC1CCC(c2ccc(-c3ccc4c(c3)OCCN4S(=O)(=O)c3ccccc3Cl)cc2)CC1. The number of hydrogen-bond acceptors (Lipinski definition) is 13. The first kappa shape index (κ1) is 101. The van der Waals surface area contributed by atoms with Crippen LogP contribution < -0.4 is 53.9 Å². The quantitative estimate of drug-likeness (QED) is 0.0351. The Kier molecular flexibility index (Phi) is 33.1. The summed E-state index contributed by atoms with van der Waals surface area (Å²) < 4.78 is 51.7. The summed E-state index contributed by atoms with van der Waals surface area (Å²) in [5, 5.41) is 45.4. The number of benzene rings is 11. The van der Waals surface area contributed by atoms with Gasteiger partial charge < -0.3 is 55.3 Å². The fraction of sp³-hybridized carbons (Fsp3) is 0.371. The van der Waals surface area contributed by atoms with E-state index >= 15 is 0 Å². The molecule has 7 N–H and O–H groups in total. The van der Waals surface area contributed by atoms with E-state index in [1.54, 1.807) is 39.0 Å². The molecular weight excluding hydrogens is 1830 g/mol. The largest absolute Gasteiger partial charge is 0.490 e. The van der Waals surface area contributed by atoms with E-state index in [2.05, 4.69) is 113 Å². The van der Waals surface area contributed by atoms with Crippen LogP contribution >= 0.6 is 11.6 Å². The highest BCUT2D eigenvalue weighted by atomic mass is 35.5. The van der Waals surface area contributed by atoms with E-state index in [0.29, 0.717) is 111 Å². The monoisotopic (exact) mass is 1960 g/mol. The van der Waals surface area contributed by atoms with E-state index in [-0.39, 0.29) is 71.5 Å². The Hall–Kier alpha value is -13.7. The first-order valence-corrected chi connectivity index (χ1v) is 51.8. The maximum Gasteiger partial charge on any atom is 0.326 e. The van der Waals surface area contributed by atoms with Gasteiger partial charge in [0.1, 0.15) is 54.3 Å². The van der Waals surface area contributed by atoms with Gasteiger partial charge in [0, 0.05) is 42.8 Å². The summed E-state index contributed by atoms with van der Waals surface area (Å²) in [5.41, 5.74) is 19.0. The van der Waals surface area contributed by atoms with Gasteiger partial charge in [-0.2, -0.15) is 0 Å². The maximum absolute atomic E-state index is 13.5. The number of carbonyl (C=O) groups excluding carboxylic acids is 3. The van der Waals surface area contributed by atoms with Gasteiger partial charge in [-0.15, -0.1) is 0 Å². The van der Waals surface area contributed by atoms with Crippen LogP contribution in [0.4, 0.5) is 42.8 Å². The number of halogens is 1. The molecule has 0 unspecified atom stereocenters. The molecule has 19 rings (SSSR count). The molecular formula is C116H128ClN7O17S. The van der Waals surface area contributed by atoms with Gasteiger partial charge in [-0.05, 0) is 324 Å². The molecule has 0 saturated heterocycles. The zero-order valence-electron chi connectivity index (χ0n) is 81.3. The first-order chi connectivity index (χ1) is 68.5. The Balaban J connectivity index is 0.000000137. The van der Waals surface area contributed by atoms with Crippen molar-refractivity contribution in [1.29, 1.82) is 0 Å². The van der Waals surface area contributed by atoms with Gasteiger partial charge in [-0.25, -0.2) is 22.8 Å². The van der Waals surface area contributed by atoms with Crippen LogP contribution in [0.25, 0.3) is 55.6 Å². The molecule has 142 heavy (non-hydrogen) atoms. The number of carbonyl (C=O) groups is 7. The molecule has 11 aromatic rings. The lowest BCUT2D eigenvalue weighted by atomic mass is 9.77. The molecule has 4 fully saturated rings. The molecule has 742 valence electrons. The first-order valence-electron chi connectivity index (χ1n) is 50.0. The van der Waals surface area contributed by atoms with Crippen molar-refractivity contribution in [3.8, 4) is 78.6 Å². The molecule has 4 aliphatic carbocycles. The number of hydrogen-bond donors (Lipinski definition) is 7. The molecule has 4 saturated carbocycles. The molecule has 0 radical (unpaired) electrons. The van der Waals surface area contributed by atoms with Crippen molar-refractivity contribution in [2.45, 2.75) is 203 Å². The van der Waals surface area contributed by atoms with Crippen LogP contribution in [0, 0.1) is 23.7 Å². The number of carboxylic acids is 4. The molecule has 24 nitrogen and oxygen atoms in total. The van der Waals surface area contributed by atoms with Crippen molar-refractivity contribution in [2.75, 3.05) is 76.9 Å². The molecule has 11 aromatic carbocycles. The van der Waals surface area contributed by atoms with E-state index in [0.717, 1.165) is 193 Å². The topological polar surface area (TPSA) is 321 Å². The van der Waals surface area contributed by atoms with Crippen molar-refractivity contribution in [3.05, 3.63) is 276 Å². The summed E-state index contributed by atoms with van der Waals surface area (Å²) in [6, 6.07) is 82.2. The smallest absolute Gasteiger partial charge is 0.326 e. The number of nitrogens with one attached hydrogen (secondary N) is 3. The van der Waals surface area contributed by atoms with Gasteiger partial charge in [0.25, 0.3) is 10.0 Å². The van der Waals surface area contributed by atoms with Crippen LogP contribution in [0.3, 0.4) is 0 Å². The molecule has 4 heterocycles. The van der Waals surface area contributed by atoms with Gasteiger partial charge in [0.05, 0.1) is 59.6 Å². The maximum atomic E-state index is 13.5. The van der Waals surface area contributed by atoms with E-state index in [4.69, 9.17) is 51.0 Å². The number of urea groups is 3. The van der Waals surface area contributed by atoms with Gasteiger partial charge in [-0.3, -0.25) is 38.2 Å². The highest BCUT2D eigenvalue weighted by molar-refractivity contribution is 7.93. The number of aliphatic carboxylic acids is 4. The summed E-state index contributed by atoms with van der Waals surface area (Å²) in [4.78, 5) is 87.9. The third-order valence-corrected chi connectivity index (χ3v) is 31.0. The van der Waals surface area contributed by atoms with Crippen LogP contribution in [0.5, 0.6) is 23.0 Å². The molecule has 0 spiro atoms. The van der Waals surface area contributed by atoms with Crippen molar-refractivity contribution < 1.29 is 81.4 Å². The minimum Gasteiger partial charge on any atom is -0.490 e. The molecule has 26 heteroatoms. The van der Waals surface area contributed by atoms with Crippen molar-refractivity contribution in [3.63, 3.8) is 0 Å². The highest BCUT2D eigenvalue weighted by Gasteiger charge is 2.36. The third-order valence-electron chi connectivity index (χ3n) is 28.6. The van der Waals surface area contributed by atoms with Crippen molar-refractivity contribution in [1.82, 2.24) is 10.6 Å². The number of para-hydroxylation sites is 1. The molecule has 0 aromatic heterocycles.